The van der Waals surface area contributed by atoms with E-state index in [2.05, 4.69) is 12.2 Å². The molecule has 1 aliphatic rings. The molecule has 2 unspecified atom stereocenters. The molecule has 1 aromatic carbocycles. The van der Waals surface area contributed by atoms with Crippen molar-refractivity contribution in [1.82, 2.24) is 5.32 Å². The van der Waals surface area contributed by atoms with E-state index in [1.54, 1.807) is 0 Å². The summed E-state index contributed by atoms with van der Waals surface area (Å²) in [7, 11) is 0. The maximum atomic E-state index is 12.0. The lowest BCUT2D eigenvalue weighted by molar-refractivity contribution is -0.127. The second kappa shape index (κ2) is 6.48. The Bertz CT molecular complexity index is 484. The second-order valence-corrected chi connectivity index (χ2v) is 6.39. The molecule has 0 saturated heterocycles. The van der Waals surface area contributed by atoms with Gasteiger partial charge < -0.3 is 15.8 Å². The summed E-state index contributed by atoms with van der Waals surface area (Å²) in [4.78, 5) is 12.0. The van der Waals surface area contributed by atoms with Gasteiger partial charge in [-0.3, -0.25) is 4.79 Å². The fourth-order valence-corrected chi connectivity index (χ4v) is 3.11. The number of ether oxygens (including phenoxy) is 1. The molecule has 116 valence electrons. The molecule has 0 heterocycles. The Balaban J connectivity index is 2.08. The first-order valence-electron chi connectivity index (χ1n) is 7.72. The quantitative estimate of drug-likeness (QED) is 0.876. The minimum atomic E-state index is -0.637. The van der Waals surface area contributed by atoms with Crippen LogP contribution in [0.15, 0.2) is 24.3 Å². The monoisotopic (exact) mass is 290 g/mol. The van der Waals surface area contributed by atoms with Crippen molar-refractivity contribution in [3.8, 4) is 5.75 Å². The highest BCUT2D eigenvalue weighted by Gasteiger charge is 2.42. The van der Waals surface area contributed by atoms with Gasteiger partial charge in [0.15, 0.2) is 0 Å². The van der Waals surface area contributed by atoms with Gasteiger partial charge in [0, 0.05) is 12.5 Å². The van der Waals surface area contributed by atoms with Gasteiger partial charge in [0.05, 0.1) is 0 Å². The molecule has 0 bridgehead atoms. The highest BCUT2D eigenvalue weighted by Crippen LogP contribution is 2.31. The van der Waals surface area contributed by atoms with Crippen molar-refractivity contribution in [3.05, 3.63) is 29.8 Å². The van der Waals surface area contributed by atoms with Crippen LogP contribution < -0.4 is 15.8 Å². The molecule has 0 aromatic heterocycles. The number of carbonyl (C=O) groups is 1. The van der Waals surface area contributed by atoms with Crippen LogP contribution in [0.1, 0.15) is 45.1 Å². The number of aryl methyl sites for hydroxylation is 1. The van der Waals surface area contributed by atoms with E-state index >= 15 is 0 Å². The maximum Gasteiger partial charge on any atom is 0.237 e. The number of nitrogens with two attached hydrogens (primary N) is 1. The van der Waals surface area contributed by atoms with E-state index in [-0.39, 0.29) is 18.1 Å². The summed E-state index contributed by atoms with van der Waals surface area (Å²) < 4.78 is 6.05. The summed E-state index contributed by atoms with van der Waals surface area (Å²) >= 11 is 0. The maximum absolute atomic E-state index is 12.0. The Kier molecular flexibility index (Phi) is 4.88. The number of carbonyl (C=O) groups excluding carboxylic acids is 1. The van der Waals surface area contributed by atoms with Crippen molar-refractivity contribution in [2.75, 3.05) is 0 Å². The van der Waals surface area contributed by atoms with Gasteiger partial charge in [-0.1, -0.05) is 17.7 Å². The molecule has 1 saturated carbocycles. The number of benzene rings is 1. The van der Waals surface area contributed by atoms with Crippen LogP contribution in [0.3, 0.4) is 0 Å². The third-order valence-corrected chi connectivity index (χ3v) is 4.07. The van der Waals surface area contributed by atoms with E-state index < -0.39 is 5.54 Å². The third kappa shape index (κ3) is 3.97. The highest BCUT2D eigenvalue weighted by molar-refractivity contribution is 5.84. The lowest BCUT2D eigenvalue weighted by Gasteiger charge is -2.40. The molecule has 2 rings (SSSR count). The normalized spacial score (nSPS) is 25.8. The van der Waals surface area contributed by atoms with Gasteiger partial charge in [0.1, 0.15) is 17.4 Å². The van der Waals surface area contributed by atoms with Gasteiger partial charge in [-0.15, -0.1) is 0 Å². The van der Waals surface area contributed by atoms with Crippen molar-refractivity contribution in [2.45, 2.75) is 64.1 Å². The Morgan fingerprint density at radius 3 is 2.62 bits per heavy atom. The van der Waals surface area contributed by atoms with E-state index in [9.17, 15) is 4.79 Å². The second-order valence-electron chi connectivity index (χ2n) is 6.39. The smallest absolute Gasteiger partial charge is 0.237 e. The predicted octanol–water partition coefficient (Wildman–Crippen LogP) is 2.54. The summed E-state index contributed by atoms with van der Waals surface area (Å²) in [6.45, 7) is 6.12. The number of nitrogens with one attached hydrogen (secondary N) is 1. The van der Waals surface area contributed by atoms with Gasteiger partial charge >= 0.3 is 0 Å². The fraction of sp³-hybridized carbons (Fsp3) is 0.588. The highest BCUT2D eigenvalue weighted by atomic mass is 16.5. The van der Waals surface area contributed by atoms with Crippen LogP contribution in [0.5, 0.6) is 5.75 Å². The third-order valence-electron chi connectivity index (χ3n) is 4.07. The van der Waals surface area contributed by atoms with Crippen LogP contribution >= 0.6 is 0 Å². The molecular formula is C17H26N2O2. The number of hydrogen-bond acceptors (Lipinski definition) is 3. The zero-order chi connectivity index (χ0) is 15.5. The fourth-order valence-electron chi connectivity index (χ4n) is 3.11. The van der Waals surface area contributed by atoms with Crippen molar-refractivity contribution >= 4 is 5.91 Å². The van der Waals surface area contributed by atoms with Crippen molar-refractivity contribution in [2.24, 2.45) is 5.73 Å². The molecule has 3 N–H and O–H groups in total. The summed E-state index contributed by atoms with van der Waals surface area (Å²) in [6.07, 6.45) is 3.35. The lowest BCUT2D eigenvalue weighted by Crippen LogP contribution is -2.61. The zero-order valence-electron chi connectivity index (χ0n) is 13.2. The zero-order valence-corrected chi connectivity index (χ0v) is 13.2. The minimum Gasteiger partial charge on any atom is -0.490 e. The van der Waals surface area contributed by atoms with Gasteiger partial charge in [-0.25, -0.2) is 0 Å². The molecule has 4 heteroatoms. The molecule has 1 aliphatic carbocycles. The van der Waals surface area contributed by atoms with Gasteiger partial charge in [0.2, 0.25) is 5.91 Å². The lowest BCUT2D eigenvalue weighted by atomic mass is 9.79. The number of primary amides is 1. The average molecular weight is 290 g/mol. The Morgan fingerprint density at radius 2 is 2.05 bits per heavy atom. The summed E-state index contributed by atoms with van der Waals surface area (Å²) in [5, 5.41) is 3.36. The van der Waals surface area contributed by atoms with Gasteiger partial charge in [-0.2, -0.15) is 0 Å². The van der Waals surface area contributed by atoms with Crippen molar-refractivity contribution in [1.29, 1.82) is 0 Å². The van der Waals surface area contributed by atoms with E-state index in [1.807, 2.05) is 38.1 Å². The largest absolute Gasteiger partial charge is 0.490 e. The molecule has 0 radical (unpaired) electrons. The van der Waals surface area contributed by atoms with Crippen molar-refractivity contribution < 1.29 is 9.53 Å². The minimum absolute atomic E-state index is 0.0280. The van der Waals surface area contributed by atoms with Gasteiger partial charge in [0.25, 0.3) is 0 Å². The molecule has 1 amide bonds. The summed E-state index contributed by atoms with van der Waals surface area (Å²) in [5.74, 6) is 0.587. The van der Waals surface area contributed by atoms with Gasteiger partial charge in [-0.05, 0) is 52.2 Å². The summed E-state index contributed by atoms with van der Waals surface area (Å²) in [5.41, 5.74) is 6.24. The molecule has 1 aromatic rings. The Hall–Kier alpha value is -1.55. The first-order valence-corrected chi connectivity index (χ1v) is 7.72. The SMILES string of the molecule is Cc1ccc(OC2CCCC(NC(C)C)(C(N)=O)C2)cc1. The molecule has 0 aliphatic heterocycles. The van der Waals surface area contributed by atoms with E-state index in [0.29, 0.717) is 6.42 Å². The van der Waals surface area contributed by atoms with E-state index in [0.717, 1.165) is 25.0 Å². The standard InChI is InChI=1S/C17H26N2O2/c1-12(2)19-17(16(18)20)10-4-5-15(11-17)21-14-8-6-13(3)7-9-14/h6-9,12,15,19H,4-5,10-11H2,1-3H3,(H2,18,20). The molecule has 0 spiro atoms. The van der Waals surface area contributed by atoms with Crippen LogP contribution in [0.25, 0.3) is 0 Å². The van der Waals surface area contributed by atoms with Crippen LogP contribution in [-0.2, 0) is 4.79 Å². The number of amides is 1. The molecule has 4 nitrogen and oxygen atoms in total. The molecule has 1 fully saturated rings. The predicted molar refractivity (Wildman–Crippen MR) is 84.3 cm³/mol. The van der Waals surface area contributed by atoms with Crippen LogP contribution in [0.4, 0.5) is 0 Å². The van der Waals surface area contributed by atoms with Crippen LogP contribution in [0, 0.1) is 6.92 Å². The number of hydrogen-bond donors (Lipinski definition) is 2. The molecule has 2 atom stereocenters. The van der Waals surface area contributed by atoms with Crippen LogP contribution in [-0.4, -0.2) is 23.6 Å². The average Bonchev–Trinajstić information content (AvgIpc) is 2.41. The Morgan fingerprint density at radius 1 is 1.38 bits per heavy atom. The number of rotatable bonds is 5. The van der Waals surface area contributed by atoms with E-state index in [1.165, 1.54) is 5.56 Å². The Labute approximate surface area is 127 Å². The van der Waals surface area contributed by atoms with Crippen LogP contribution in [0.2, 0.25) is 0 Å². The topological polar surface area (TPSA) is 64.3 Å². The molecule has 21 heavy (non-hydrogen) atoms. The first kappa shape index (κ1) is 15.8. The van der Waals surface area contributed by atoms with Crippen molar-refractivity contribution in [3.63, 3.8) is 0 Å². The van der Waals surface area contributed by atoms with E-state index in [4.69, 9.17) is 10.5 Å². The molecular weight excluding hydrogens is 264 g/mol. The summed E-state index contributed by atoms with van der Waals surface area (Å²) in [6, 6.07) is 8.24. The first-order chi connectivity index (χ1) is 9.91.